The predicted octanol–water partition coefficient (Wildman–Crippen LogP) is 1.33. The van der Waals surface area contributed by atoms with Crippen molar-refractivity contribution in [3.63, 3.8) is 0 Å². The van der Waals surface area contributed by atoms with Crippen LogP contribution in [0.4, 0.5) is 0 Å². The van der Waals surface area contributed by atoms with Gasteiger partial charge in [0, 0.05) is 17.7 Å². The Morgan fingerprint density at radius 1 is 1.25 bits per heavy atom. The van der Waals surface area contributed by atoms with Crippen LogP contribution in [0.5, 0.6) is 28.7 Å². The number of ether oxygens (including phenoxy) is 3. The van der Waals surface area contributed by atoms with Crippen LogP contribution in [0.1, 0.15) is 15.9 Å². The average molecular weight is 330 g/mol. The van der Waals surface area contributed by atoms with E-state index >= 15 is 0 Å². The number of aromatic hydroxyl groups is 2. The summed E-state index contributed by atoms with van der Waals surface area (Å²) in [6.07, 6.45) is -1.02. The van der Waals surface area contributed by atoms with Gasteiger partial charge in [0.25, 0.3) is 0 Å². The van der Waals surface area contributed by atoms with E-state index in [9.17, 15) is 20.1 Å². The summed E-state index contributed by atoms with van der Waals surface area (Å²) >= 11 is 0. The smallest absolute Gasteiger partial charge is 0.210 e. The largest absolute Gasteiger partial charge is 0.507 e. The molecular formula is C17H14O7. The Kier molecular flexibility index (Phi) is 2.92. The maximum Gasteiger partial charge on any atom is 0.210 e. The third-order valence-corrected chi connectivity index (χ3v) is 4.38. The van der Waals surface area contributed by atoms with E-state index in [1.807, 2.05) is 0 Å². The Morgan fingerprint density at radius 3 is 2.79 bits per heavy atom. The second-order valence-corrected chi connectivity index (χ2v) is 5.69. The molecule has 2 heterocycles. The van der Waals surface area contributed by atoms with Crippen molar-refractivity contribution in [1.82, 2.24) is 0 Å². The number of methoxy groups -OCH3 is 1. The molecule has 7 heteroatoms. The van der Waals surface area contributed by atoms with Crippen molar-refractivity contribution in [2.45, 2.75) is 11.7 Å². The molecule has 3 N–H and O–H groups in total. The lowest BCUT2D eigenvalue weighted by Gasteiger charge is -2.43. The van der Waals surface area contributed by atoms with Crippen LogP contribution in [-0.2, 0) is 5.60 Å². The Morgan fingerprint density at radius 2 is 2.04 bits per heavy atom. The summed E-state index contributed by atoms with van der Waals surface area (Å²) in [7, 11) is 1.42. The number of rotatable bonds is 1. The molecule has 2 aliphatic heterocycles. The second kappa shape index (κ2) is 4.78. The van der Waals surface area contributed by atoms with Crippen molar-refractivity contribution in [2.24, 2.45) is 0 Å². The molecule has 0 spiro atoms. The molecular weight excluding hydrogens is 316 g/mol. The zero-order valence-corrected chi connectivity index (χ0v) is 12.6. The van der Waals surface area contributed by atoms with Crippen molar-refractivity contribution in [3.8, 4) is 28.7 Å². The molecule has 0 saturated carbocycles. The molecule has 0 bridgehead atoms. The number of benzene rings is 2. The molecule has 4 rings (SSSR count). The van der Waals surface area contributed by atoms with Gasteiger partial charge in [0.15, 0.2) is 23.2 Å². The lowest BCUT2D eigenvalue weighted by atomic mass is 9.77. The minimum absolute atomic E-state index is 0.0321. The van der Waals surface area contributed by atoms with Gasteiger partial charge in [0.05, 0.1) is 7.11 Å². The Labute approximate surface area is 136 Å². The Bertz CT molecular complexity index is 860. The molecule has 24 heavy (non-hydrogen) atoms. The summed E-state index contributed by atoms with van der Waals surface area (Å²) in [5, 5.41) is 31.2. The maximum absolute atomic E-state index is 13.0. The van der Waals surface area contributed by atoms with Crippen LogP contribution in [0.3, 0.4) is 0 Å². The summed E-state index contributed by atoms with van der Waals surface area (Å²) in [4.78, 5) is 13.0. The van der Waals surface area contributed by atoms with E-state index in [1.165, 1.54) is 37.4 Å². The molecule has 0 saturated heterocycles. The highest BCUT2D eigenvalue weighted by molar-refractivity contribution is 6.09. The molecule has 0 fully saturated rings. The summed E-state index contributed by atoms with van der Waals surface area (Å²) < 4.78 is 16.2. The number of phenolic OH excluding ortho intramolecular Hbond substituents is 2. The highest BCUT2D eigenvalue weighted by atomic mass is 16.6. The van der Waals surface area contributed by atoms with Gasteiger partial charge in [-0.05, 0) is 6.07 Å². The van der Waals surface area contributed by atoms with Crippen molar-refractivity contribution >= 4 is 5.78 Å². The molecule has 2 aromatic carbocycles. The number of ketones is 1. The Hall–Kier alpha value is -2.93. The summed E-state index contributed by atoms with van der Waals surface area (Å²) in [6, 6.07) is 7.10. The zero-order valence-electron chi connectivity index (χ0n) is 12.6. The number of aliphatic hydroxyl groups is 1. The van der Waals surface area contributed by atoms with E-state index in [0.717, 1.165) is 0 Å². The van der Waals surface area contributed by atoms with Crippen molar-refractivity contribution in [3.05, 3.63) is 41.5 Å². The fourth-order valence-corrected chi connectivity index (χ4v) is 3.18. The van der Waals surface area contributed by atoms with Crippen LogP contribution in [0.15, 0.2) is 30.3 Å². The van der Waals surface area contributed by atoms with Crippen molar-refractivity contribution in [2.75, 3.05) is 13.7 Å². The first-order valence-electron chi connectivity index (χ1n) is 7.27. The Balaban J connectivity index is 1.94. The summed E-state index contributed by atoms with van der Waals surface area (Å²) in [5.41, 5.74) is -2.10. The quantitative estimate of drug-likeness (QED) is 0.724. The molecule has 0 unspecified atom stereocenters. The van der Waals surface area contributed by atoms with Crippen LogP contribution in [-0.4, -0.2) is 40.9 Å². The van der Waals surface area contributed by atoms with Gasteiger partial charge in [-0.3, -0.25) is 4.79 Å². The van der Waals surface area contributed by atoms with Crippen LogP contribution >= 0.6 is 0 Å². The van der Waals surface area contributed by atoms with Gasteiger partial charge >= 0.3 is 0 Å². The van der Waals surface area contributed by atoms with E-state index in [0.29, 0.717) is 5.75 Å². The van der Waals surface area contributed by atoms with Gasteiger partial charge in [0.1, 0.15) is 29.4 Å². The van der Waals surface area contributed by atoms with E-state index in [1.54, 1.807) is 0 Å². The number of hydrogen-bond acceptors (Lipinski definition) is 7. The van der Waals surface area contributed by atoms with Gasteiger partial charge in [-0.25, -0.2) is 0 Å². The van der Waals surface area contributed by atoms with Crippen LogP contribution in [0, 0.1) is 0 Å². The standard InChI is InChI=1S/C17H14O7/c1-22-8-5-11(19)14-12(6-8)24-13-7-23-15-9(3-2-4-10(15)18)17(13,21)16(14)20/h2-6,13,18-19,21H,7H2,1H3/t13-,17+/m0/s1. The van der Waals surface area contributed by atoms with Gasteiger partial charge in [-0.1, -0.05) is 12.1 Å². The maximum atomic E-state index is 13.0. The number of carbonyl (C=O) groups excluding carboxylic acids is 1. The van der Waals surface area contributed by atoms with Gasteiger partial charge in [0.2, 0.25) is 5.78 Å². The summed E-state index contributed by atoms with van der Waals surface area (Å²) in [5.74, 6) is -0.793. The topological polar surface area (TPSA) is 105 Å². The molecule has 0 aromatic heterocycles. The third kappa shape index (κ3) is 1.73. The first-order valence-corrected chi connectivity index (χ1v) is 7.27. The minimum Gasteiger partial charge on any atom is -0.507 e. The lowest BCUT2D eigenvalue weighted by molar-refractivity contribution is -0.0806. The van der Waals surface area contributed by atoms with Crippen molar-refractivity contribution < 1.29 is 34.3 Å². The van der Waals surface area contributed by atoms with E-state index in [2.05, 4.69) is 0 Å². The number of para-hydroxylation sites is 1. The van der Waals surface area contributed by atoms with Gasteiger partial charge < -0.3 is 29.5 Å². The van der Waals surface area contributed by atoms with Crippen LogP contribution < -0.4 is 14.2 Å². The number of Topliss-reactive ketones (excluding diaryl/α,β-unsaturated/α-hetero) is 1. The van der Waals surface area contributed by atoms with E-state index in [4.69, 9.17) is 14.2 Å². The minimum atomic E-state index is -2.06. The highest BCUT2D eigenvalue weighted by Gasteiger charge is 2.56. The molecule has 124 valence electrons. The second-order valence-electron chi connectivity index (χ2n) is 5.69. The molecule has 0 radical (unpaired) electrons. The van der Waals surface area contributed by atoms with Crippen LogP contribution in [0.2, 0.25) is 0 Å². The molecule has 2 aromatic rings. The fraction of sp³-hybridized carbons (Fsp3) is 0.235. The number of fused-ring (bicyclic) bond motifs is 4. The molecule has 0 amide bonds. The molecule has 2 aliphatic rings. The summed E-state index contributed by atoms with van der Waals surface area (Å²) in [6.45, 7) is -0.135. The fourth-order valence-electron chi connectivity index (χ4n) is 3.18. The molecule has 0 aliphatic carbocycles. The van der Waals surface area contributed by atoms with E-state index < -0.39 is 17.5 Å². The third-order valence-electron chi connectivity index (χ3n) is 4.38. The molecule has 2 atom stereocenters. The lowest BCUT2D eigenvalue weighted by Crippen LogP contribution is -2.57. The predicted molar refractivity (Wildman–Crippen MR) is 80.9 cm³/mol. The number of carbonyl (C=O) groups is 1. The first-order chi connectivity index (χ1) is 11.5. The van der Waals surface area contributed by atoms with Gasteiger partial charge in [-0.2, -0.15) is 0 Å². The SMILES string of the molecule is COc1cc(O)c2c(c1)O[C@H]1COc3c(O)cccc3[C@]1(O)C2=O. The normalized spacial score (nSPS) is 24.1. The average Bonchev–Trinajstić information content (AvgIpc) is 2.56. The first kappa shape index (κ1) is 14.6. The highest BCUT2D eigenvalue weighted by Crippen LogP contribution is 2.50. The van der Waals surface area contributed by atoms with E-state index in [-0.39, 0.29) is 40.7 Å². The van der Waals surface area contributed by atoms with Gasteiger partial charge in [-0.15, -0.1) is 0 Å². The molecule has 7 nitrogen and oxygen atoms in total. The van der Waals surface area contributed by atoms with Crippen LogP contribution in [0.25, 0.3) is 0 Å². The number of phenols is 2. The van der Waals surface area contributed by atoms with Crippen molar-refractivity contribution in [1.29, 1.82) is 0 Å². The number of hydrogen-bond donors (Lipinski definition) is 3. The zero-order chi connectivity index (χ0) is 17.1. The monoisotopic (exact) mass is 330 g/mol.